The van der Waals surface area contributed by atoms with Crippen LogP contribution in [0.1, 0.15) is 35.1 Å². The zero-order valence-electron chi connectivity index (χ0n) is 13.5. The molecule has 0 spiro atoms. The summed E-state index contributed by atoms with van der Waals surface area (Å²) in [7, 11) is 1.50. The van der Waals surface area contributed by atoms with Crippen molar-refractivity contribution < 1.29 is 0 Å². The van der Waals surface area contributed by atoms with Crippen LogP contribution in [0.4, 0.5) is 0 Å². The molecule has 3 aromatic rings. The highest BCUT2D eigenvalue weighted by Gasteiger charge is 2.33. The third-order valence-corrected chi connectivity index (χ3v) is 5.00. The fourth-order valence-corrected chi connectivity index (χ4v) is 3.77. The second-order valence-electron chi connectivity index (χ2n) is 6.33. The fourth-order valence-electron chi connectivity index (χ4n) is 3.77. The Morgan fingerprint density at radius 2 is 1.71 bits per heavy atom. The van der Waals surface area contributed by atoms with Crippen molar-refractivity contribution >= 4 is 0 Å². The van der Waals surface area contributed by atoms with Crippen LogP contribution in [0.5, 0.6) is 0 Å². The Balaban J connectivity index is 1.94. The normalized spacial score (nSPS) is 19.9. The van der Waals surface area contributed by atoms with Crippen LogP contribution >= 0.6 is 0 Å². The summed E-state index contributed by atoms with van der Waals surface area (Å²) in [6.45, 7) is 0. The van der Waals surface area contributed by atoms with Crippen molar-refractivity contribution in [1.82, 2.24) is 14.3 Å². The van der Waals surface area contributed by atoms with Crippen LogP contribution in [0.25, 0.3) is 0 Å². The van der Waals surface area contributed by atoms with Crippen LogP contribution in [0, 0.1) is 0 Å². The lowest BCUT2D eigenvalue weighted by molar-refractivity contribution is 0.381. The number of aryl methyl sites for hydroxylation is 1. The molecule has 4 rings (SSSR count). The number of nitrogens with one attached hydrogen (secondary N) is 1. The lowest BCUT2D eigenvalue weighted by Crippen LogP contribution is -2.34. The quantitative estimate of drug-likeness (QED) is 0.786. The summed E-state index contributed by atoms with van der Waals surface area (Å²) >= 11 is 0. The Hall–Kier alpha value is -2.82. The van der Waals surface area contributed by atoms with Gasteiger partial charge in [-0.25, -0.2) is 23.9 Å². The van der Waals surface area contributed by atoms with Gasteiger partial charge in [-0.05, 0) is 29.5 Å². The molecule has 0 aliphatic heterocycles. The summed E-state index contributed by atoms with van der Waals surface area (Å²) in [6.07, 6.45) is 1.91. The fraction of sp³-hybridized carbons (Fsp3) is 0.263. The molecule has 5 nitrogen and oxygen atoms in total. The second-order valence-corrected chi connectivity index (χ2v) is 6.33. The van der Waals surface area contributed by atoms with Crippen molar-refractivity contribution in [2.24, 2.45) is 7.05 Å². The molecule has 0 fully saturated rings. The summed E-state index contributed by atoms with van der Waals surface area (Å²) in [4.78, 5) is 24.5. The van der Waals surface area contributed by atoms with Gasteiger partial charge < -0.3 is 0 Å². The molecule has 122 valence electrons. The Morgan fingerprint density at radius 1 is 1.00 bits per heavy atom. The molecule has 2 aromatic carbocycles. The minimum absolute atomic E-state index is 0.150. The summed E-state index contributed by atoms with van der Waals surface area (Å²) in [6, 6.07) is 18.2. The molecule has 1 aliphatic rings. The molecular weight excluding hydrogens is 302 g/mol. The van der Waals surface area contributed by atoms with Crippen molar-refractivity contribution in [2.45, 2.75) is 24.8 Å². The molecule has 1 N–H and O–H groups in total. The number of fused-ring (bicyclic) bond motifs is 1. The monoisotopic (exact) mass is 321 g/mol. The van der Waals surface area contributed by atoms with Gasteiger partial charge in [-0.3, -0.25) is 0 Å². The molecule has 1 aromatic heterocycles. The summed E-state index contributed by atoms with van der Waals surface area (Å²) in [5, 5.41) is 2.73. The summed E-state index contributed by atoms with van der Waals surface area (Å²) in [5.41, 5.74) is 2.86. The Morgan fingerprint density at radius 3 is 2.42 bits per heavy atom. The van der Waals surface area contributed by atoms with E-state index in [1.807, 2.05) is 30.3 Å². The smallest absolute Gasteiger partial charge is 0.246 e. The molecule has 24 heavy (non-hydrogen) atoms. The molecule has 1 heterocycles. The number of aromatic nitrogens is 3. The van der Waals surface area contributed by atoms with Gasteiger partial charge in [0.25, 0.3) is 0 Å². The van der Waals surface area contributed by atoms with E-state index in [9.17, 15) is 9.59 Å². The van der Waals surface area contributed by atoms with Crippen LogP contribution < -0.4 is 11.4 Å². The standard InChI is InChI=1S/C19H19N3O2/c1-21-18(23)20-22(19(21)24)17-15-10-6-5-9-14(15)11-12-16(17)13-7-3-2-4-8-13/h2-10,16-17H,11-12H2,1H3,(H,20,23)/t16-,17+/m1/s1. The first kappa shape index (κ1) is 14.8. The molecule has 0 radical (unpaired) electrons. The van der Waals surface area contributed by atoms with E-state index in [1.54, 1.807) is 0 Å². The van der Waals surface area contributed by atoms with Gasteiger partial charge in [-0.2, -0.15) is 0 Å². The third kappa shape index (κ3) is 2.24. The van der Waals surface area contributed by atoms with E-state index < -0.39 is 0 Å². The van der Waals surface area contributed by atoms with Crippen LogP contribution in [-0.4, -0.2) is 14.3 Å². The molecule has 0 unspecified atom stereocenters. The molecule has 5 heteroatoms. The topological polar surface area (TPSA) is 59.8 Å². The average Bonchev–Trinajstić information content (AvgIpc) is 2.88. The lowest BCUT2D eigenvalue weighted by Gasteiger charge is -2.34. The molecule has 2 atom stereocenters. The maximum atomic E-state index is 12.6. The zero-order chi connectivity index (χ0) is 16.7. The van der Waals surface area contributed by atoms with Crippen LogP contribution in [0.3, 0.4) is 0 Å². The van der Waals surface area contributed by atoms with E-state index in [-0.39, 0.29) is 23.3 Å². The first-order valence-corrected chi connectivity index (χ1v) is 8.17. The maximum Gasteiger partial charge on any atom is 0.347 e. The summed E-state index contributed by atoms with van der Waals surface area (Å²) in [5.74, 6) is 0.150. The van der Waals surface area contributed by atoms with E-state index in [0.717, 1.165) is 23.0 Å². The highest BCUT2D eigenvalue weighted by atomic mass is 16.2. The Kier molecular flexibility index (Phi) is 3.49. The van der Waals surface area contributed by atoms with Crippen LogP contribution in [0.2, 0.25) is 0 Å². The Bertz CT molecular complexity index is 982. The van der Waals surface area contributed by atoms with Gasteiger partial charge in [0, 0.05) is 13.0 Å². The maximum absolute atomic E-state index is 12.6. The average molecular weight is 321 g/mol. The van der Waals surface area contributed by atoms with E-state index in [2.05, 4.69) is 29.4 Å². The first-order valence-electron chi connectivity index (χ1n) is 8.17. The number of H-pyrrole nitrogens is 1. The third-order valence-electron chi connectivity index (χ3n) is 5.00. The Labute approximate surface area is 139 Å². The van der Waals surface area contributed by atoms with Gasteiger partial charge in [0.1, 0.15) is 0 Å². The van der Waals surface area contributed by atoms with Crippen molar-refractivity contribution in [1.29, 1.82) is 0 Å². The van der Waals surface area contributed by atoms with Gasteiger partial charge in [0.15, 0.2) is 0 Å². The highest BCUT2D eigenvalue weighted by Crippen LogP contribution is 2.42. The number of nitrogens with zero attached hydrogens (tertiary/aromatic N) is 2. The highest BCUT2D eigenvalue weighted by molar-refractivity contribution is 5.37. The van der Waals surface area contributed by atoms with Gasteiger partial charge in [-0.1, -0.05) is 54.6 Å². The van der Waals surface area contributed by atoms with Gasteiger partial charge in [0.2, 0.25) is 0 Å². The largest absolute Gasteiger partial charge is 0.347 e. The first-order chi connectivity index (χ1) is 11.7. The van der Waals surface area contributed by atoms with Crippen molar-refractivity contribution in [2.75, 3.05) is 0 Å². The van der Waals surface area contributed by atoms with E-state index in [4.69, 9.17) is 0 Å². The predicted molar refractivity (Wildman–Crippen MR) is 92.4 cm³/mol. The molecule has 0 amide bonds. The number of hydrogen-bond donors (Lipinski definition) is 1. The number of aromatic amines is 1. The molecule has 0 bridgehead atoms. The number of rotatable bonds is 2. The number of hydrogen-bond acceptors (Lipinski definition) is 2. The second kappa shape index (κ2) is 5.67. The zero-order valence-corrected chi connectivity index (χ0v) is 13.5. The van der Waals surface area contributed by atoms with E-state index in [1.165, 1.54) is 22.9 Å². The van der Waals surface area contributed by atoms with Gasteiger partial charge in [0.05, 0.1) is 6.04 Å². The van der Waals surface area contributed by atoms with E-state index >= 15 is 0 Å². The van der Waals surface area contributed by atoms with Crippen molar-refractivity contribution in [3.05, 3.63) is 92.3 Å². The molecule has 0 saturated carbocycles. The molecular formula is C19H19N3O2. The molecule has 1 aliphatic carbocycles. The van der Waals surface area contributed by atoms with Crippen molar-refractivity contribution in [3.8, 4) is 0 Å². The number of benzene rings is 2. The lowest BCUT2D eigenvalue weighted by atomic mass is 9.76. The van der Waals surface area contributed by atoms with E-state index in [0.29, 0.717) is 0 Å². The van der Waals surface area contributed by atoms with Gasteiger partial charge in [-0.15, -0.1) is 0 Å². The van der Waals surface area contributed by atoms with Crippen molar-refractivity contribution in [3.63, 3.8) is 0 Å². The van der Waals surface area contributed by atoms with Crippen LogP contribution in [0.15, 0.2) is 64.2 Å². The van der Waals surface area contributed by atoms with Gasteiger partial charge >= 0.3 is 11.4 Å². The minimum atomic E-state index is -0.380. The van der Waals surface area contributed by atoms with Crippen LogP contribution in [-0.2, 0) is 13.5 Å². The SMILES string of the molecule is Cn1c(=O)[nH]n([C@H]2c3ccccc3CC[C@@H]2c2ccccc2)c1=O. The summed E-state index contributed by atoms with van der Waals surface area (Å²) < 4.78 is 2.62. The minimum Gasteiger partial charge on any atom is -0.246 e. The molecule has 0 saturated heterocycles. The predicted octanol–water partition coefficient (Wildman–Crippen LogP) is 2.19.